The average Bonchev–Trinajstić information content (AvgIpc) is 3.27. The van der Waals surface area contributed by atoms with Crippen molar-refractivity contribution in [3.05, 3.63) is 121 Å². The zero-order chi connectivity index (χ0) is 41.8. The van der Waals surface area contributed by atoms with E-state index in [4.69, 9.17) is 48.1 Å². The molecule has 0 aliphatic rings. The first-order valence-corrected chi connectivity index (χ1v) is 19.3. The Kier molecular flexibility index (Phi) is 16.9. The van der Waals surface area contributed by atoms with Crippen molar-refractivity contribution < 1.29 is 47.5 Å². The fourth-order valence-corrected chi connectivity index (χ4v) is 5.95. The van der Waals surface area contributed by atoms with Gasteiger partial charge in [0, 0.05) is 25.3 Å². The average molecular weight is 815 g/mol. The molecule has 0 aliphatic heterocycles. The van der Waals surface area contributed by atoms with Crippen molar-refractivity contribution in [2.24, 2.45) is 20.5 Å². The molecular formula is C46H46N4O10. The van der Waals surface area contributed by atoms with Crippen LogP contribution >= 0.6 is 0 Å². The van der Waals surface area contributed by atoms with Crippen molar-refractivity contribution in [1.29, 1.82) is 0 Å². The molecule has 6 rings (SSSR count). The number of fused-ring (bicyclic) bond motifs is 2. The second-order valence-corrected chi connectivity index (χ2v) is 13.0. The number of nitrogens with zero attached hydrogens (tertiary/aromatic N) is 4. The van der Waals surface area contributed by atoms with E-state index in [9.17, 15) is 9.59 Å². The standard InChI is InChI=1S/C46H46N4O10/c1-53-23-25-55-27-29-57-31-43(51)59-37-17-13-35(14-18-37)47-49-41-21-11-33-7-3-5-9-39(33)45(41)46-40-10-6-4-8-34(40)12-22-42(46)50-48-36-15-19-38(20-16-36)60-44(52)32-58-30-28-56-26-24-54-2/h3-22H,23-32H2,1-2H3. The van der Waals surface area contributed by atoms with Gasteiger partial charge in [0.15, 0.2) is 0 Å². The first-order chi connectivity index (χ1) is 29.5. The Morgan fingerprint density at radius 2 is 0.800 bits per heavy atom. The third-order valence-corrected chi connectivity index (χ3v) is 8.79. The summed E-state index contributed by atoms with van der Waals surface area (Å²) in [5, 5.41) is 22.6. The summed E-state index contributed by atoms with van der Waals surface area (Å²) in [6.45, 7) is 2.71. The maximum atomic E-state index is 12.3. The summed E-state index contributed by atoms with van der Waals surface area (Å²) in [6.07, 6.45) is 0. The zero-order valence-electron chi connectivity index (χ0n) is 33.5. The van der Waals surface area contributed by atoms with Crippen molar-refractivity contribution in [2.75, 3.05) is 80.3 Å². The number of carbonyl (C=O) groups excluding carboxylic acids is 2. The second kappa shape index (κ2) is 23.4. The van der Waals surface area contributed by atoms with Crippen LogP contribution in [0.15, 0.2) is 142 Å². The molecule has 0 radical (unpaired) electrons. The van der Waals surface area contributed by atoms with E-state index >= 15 is 0 Å². The van der Waals surface area contributed by atoms with Crippen molar-refractivity contribution >= 4 is 56.2 Å². The summed E-state index contributed by atoms with van der Waals surface area (Å²) in [4.78, 5) is 24.6. The Morgan fingerprint density at radius 3 is 1.22 bits per heavy atom. The van der Waals surface area contributed by atoms with E-state index in [1.54, 1.807) is 62.8 Å². The van der Waals surface area contributed by atoms with Crippen LogP contribution in [0.3, 0.4) is 0 Å². The molecule has 0 bridgehead atoms. The third-order valence-electron chi connectivity index (χ3n) is 8.79. The van der Waals surface area contributed by atoms with Crippen LogP contribution in [0.1, 0.15) is 0 Å². The van der Waals surface area contributed by atoms with Gasteiger partial charge in [0.25, 0.3) is 0 Å². The van der Waals surface area contributed by atoms with Crippen molar-refractivity contribution in [3.8, 4) is 22.6 Å². The summed E-state index contributed by atoms with van der Waals surface area (Å²) in [5.74, 6) is -0.344. The quantitative estimate of drug-likeness (QED) is 0.0264. The third kappa shape index (κ3) is 12.9. The van der Waals surface area contributed by atoms with Gasteiger partial charge in [-0.05, 0) is 82.2 Å². The van der Waals surface area contributed by atoms with Gasteiger partial charge in [-0.15, -0.1) is 10.2 Å². The normalized spacial score (nSPS) is 11.6. The van der Waals surface area contributed by atoms with Crippen molar-refractivity contribution in [2.45, 2.75) is 0 Å². The lowest BCUT2D eigenvalue weighted by atomic mass is 9.91. The Morgan fingerprint density at radius 1 is 0.417 bits per heavy atom. The Hall–Kier alpha value is -6.26. The number of carbonyl (C=O) groups is 2. The van der Waals surface area contributed by atoms with Crippen LogP contribution in [0.2, 0.25) is 0 Å². The number of azo groups is 2. The number of hydrogen-bond acceptors (Lipinski definition) is 14. The summed E-state index contributed by atoms with van der Waals surface area (Å²) >= 11 is 0. The fourth-order valence-electron chi connectivity index (χ4n) is 5.95. The minimum atomic E-state index is -0.527. The molecule has 0 aromatic heterocycles. The summed E-state index contributed by atoms with van der Waals surface area (Å²) < 4.78 is 42.0. The summed E-state index contributed by atoms with van der Waals surface area (Å²) in [5.41, 5.74) is 4.03. The second-order valence-electron chi connectivity index (χ2n) is 13.0. The SMILES string of the molecule is COCCOCCOCC(=O)Oc1ccc(N=Nc2ccc3ccccc3c2-c2c(N=Nc3ccc(OC(=O)COCCOCCOC)cc3)ccc3ccccc23)cc1. The minimum Gasteiger partial charge on any atom is -0.425 e. The predicted octanol–water partition coefficient (Wildman–Crippen LogP) is 9.66. The molecule has 0 N–H and O–H groups in total. The van der Waals surface area contributed by atoms with Gasteiger partial charge in [0.05, 0.1) is 75.6 Å². The molecule has 14 heteroatoms. The lowest BCUT2D eigenvalue weighted by Gasteiger charge is -2.15. The zero-order valence-corrected chi connectivity index (χ0v) is 33.5. The van der Waals surface area contributed by atoms with Gasteiger partial charge in [-0.25, -0.2) is 9.59 Å². The number of esters is 2. The molecule has 0 spiro atoms. The molecule has 0 fully saturated rings. The van der Waals surface area contributed by atoms with E-state index < -0.39 is 11.9 Å². The minimum absolute atomic E-state index is 0.205. The highest BCUT2D eigenvalue weighted by atomic mass is 16.6. The first-order valence-electron chi connectivity index (χ1n) is 19.3. The Bertz CT molecular complexity index is 2200. The van der Waals surface area contributed by atoms with Gasteiger partial charge >= 0.3 is 11.9 Å². The van der Waals surface area contributed by atoms with Gasteiger partial charge in [0.1, 0.15) is 24.7 Å². The molecule has 0 aliphatic carbocycles. The highest BCUT2D eigenvalue weighted by Gasteiger charge is 2.18. The molecule has 14 nitrogen and oxygen atoms in total. The van der Waals surface area contributed by atoms with Gasteiger partial charge < -0.3 is 37.9 Å². The molecule has 0 heterocycles. The predicted molar refractivity (Wildman–Crippen MR) is 226 cm³/mol. The fraction of sp³-hybridized carbons (Fsp3) is 0.261. The molecule has 0 amide bonds. The molecule has 0 saturated heterocycles. The molecular weight excluding hydrogens is 769 g/mol. The monoisotopic (exact) mass is 814 g/mol. The van der Waals surface area contributed by atoms with E-state index in [1.165, 1.54) is 0 Å². The summed E-state index contributed by atoms with van der Waals surface area (Å²) in [6, 6.07) is 37.5. The Labute approximate surface area is 347 Å². The van der Waals surface area contributed by atoms with Crippen LogP contribution in [0.25, 0.3) is 32.7 Å². The lowest BCUT2D eigenvalue weighted by Crippen LogP contribution is -2.18. The van der Waals surface area contributed by atoms with Crippen LogP contribution in [0, 0.1) is 0 Å². The molecule has 6 aromatic rings. The largest absolute Gasteiger partial charge is 0.425 e. The number of methoxy groups -OCH3 is 2. The van der Waals surface area contributed by atoms with Crippen molar-refractivity contribution in [1.82, 2.24) is 0 Å². The smallest absolute Gasteiger partial charge is 0.337 e. The topological polar surface area (TPSA) is 157 Å². The molecule has 0 saturated carbocycles. The van der Waals surface area contributed by atoms with Crippen molar-refractivity contribution in [3.63, 3.8) is 0 Å². The number of rotatable bonds is 23. The van der Waals surface area contributed by atoms with Gasteiger partial charge in [-0.3, -0.25) is 0 Å². The molecule has 6 aromatic carbocycles. The van der Waals surface area contributed by atoms with E-state index in [1.807, 2.05) is 60.7 Å². The van der Waals surface area contributed by atoms with E-state index in [0.717, 1.165) is 32.7 Å². The van der Waals surface area contributed by atoms with Crippen LogP contribution in [0.4, 0.5) is 22.7 Å². The van der Waals surface area contributed by atoms with Crippen LogP contribution in [0.5, 0.6) is 11.5 Å². The molecule has 60 heavy (non-hydrogen) atoms. The van der Waals surface area contributed by atoms with Gasteiger partial charge in [-0.1, -0.05) is 60.7 Å². The molecule has 0 atom stereocenters. The van der Waals surface area contributed by atoms with E-state index in [0.29, 0.717) is 73.9 Å². The van der Waals surface area contributed by atoms with Gasteiger partial charge in [-0.2, -0.15) is 10.2 Å². The highest BCUT2D eigenvalue weighted by molar-refractivity contribution is 6.12. The molecule has 310 valence electrons. The Balaban J connectivity index is 1.19. The number of ether oxygens (including phenoxy) is 8. The number of hydrogen-bond donors (Lipinski definition) is 0. The van der Waals surface area contributed by atoms with Crippen LogP contribution < -0.4 is 9.47 Å². The maximum absolute atomic E-state index is 12.3. The number of benzene rings is 6. The maximum Gasteiger partial charge on any atom is 0.337 e. The van der Waals surface area contributed by atoms with E-state index in [2.05, 4.69) is 22.4 Å². The first kappa shape index (κ1) is 43.3. The summed E-state index contributed by atoms with van der Waals surface area (Å²) in [7, 11) is 3.20. The lowest BCUT2D eigenvalue weighted by molar-refractivity contribution is -0.140. The highest BCUT2D eigenvalue weighted by Crippen LogP contribution is 2.46. The van der Waals surface area contributed by atoms with Crippen LogP contribution in [-0.4, -0.2) is 92.2 Å². The molecule has 0 unspecified atom stereocenters. The van der Waals surface area contributed by atoms with Crippen LogP contribution in [-0.2, 0) is 38.0 Å². The van der Waals surface area contributed by atoms with E-state index in [-0.39, 0.29) is 26.4 Å². The van der Waals surface area contributed by atoms with Gasteiger partial charge in [0.2, 0.25) is 0 Å².